The van der Waals surface area contributed by atoms with Crippen molar-refractivity contribution in [2.75, 3.05) is 32.0 Å². The molecule has 1 unspecified atom stereocenters. The number of methoxy groups -OCH3 is 3. The molecule has 0 aliphatic heterocycles. The van der Waals surface area contributed by atoms with Crippen LogP contribution < -0.4 is 25.4 Å². The quantitative estimate of drug-likeness (QED) is 0.0469. The van der Waals surface area contributed by atoms with Gasteiger partial charge in [0.2, 0.25) is 5.91 Å². The van der Waals surface area contributed by atoms with Crippen LogP contribution in [0.2, 0.25) is 0 Å². The summed E-state index contributed by atoms with van der Waals surface area (Å²) in [6.07, 6.45) is 6.24. The first-order valence-electron chi connectivity index (χ1n) is 17.7. The molecule has 0 spiro atoms. The van der Waals surface area contributed by atoms with Gasteiger partial charge in [-0.1, -0.05) is 61.0 Å². The summed E-state index contributed by atoms with van der Waals surface area (Å²) in [6, 6.07) is 30.2. The van der Waals surface area contributed by atoms with Crippen LogP contribution in [0.5, 0.6) is 11.5 Å². The van der Waals surface area contributed by atoms with Crippen molar-refractivity contribution < 1.29 is 33.4 Å². The van der Waals surface area contributed by atoms with Gasteiger partial charge in [0.25, 0.3) is 11.8 Å². The number of thiophene rings is 1. The first-order valence-corrected chi connectivity index (χ1v) is 19.4. The molecular formula is C43H41N3O7S2. The highest BCUT2D eigenvalue weighted by Crippen LogP contribution is 2.41. The van der Waals surface area contributed by atoms with Gasteiger partial charge < -0.3 is 30.2 Å². The molecule has 12 heteroatoms. The number of anilines is 2. The molecule has 1 aliphatic rings. The Morgan fingerprint density at radius 2 is 1.53 bits per heavy atom. The second-order valence-electron chi connectivity index (χ2n) is 12.6. The van der Waals surface area contributed by atoms with Gasteiger partial charge in [-0.25, -0.2) is 4.79 Å². The van der Waals surface area contributed by atoms with Crippen LogP contribution >= 0.6 is 23.1 Å². The van der Waals surface area contributed by atoms with Crippen molar-refractivity contribution in [1.82, 2.24) is 5.32 Å². The summed E-state index contributed by atoms with van der Waals surface area (Å²) in [4.78, 5) is 56.2. The Labute approximate surface area is 328 Å². The van der Waals surface area contributed by atoms with Gasteiger partial charge in [0.05, 0.1) is 26.9 Å². The molecule has 1 heterocycles. The predicted octanol–water partition coefficient (Wildman–Crippen LogP) is 8.70. The fourth-order valence-electron chi connectivity index (χ4n) is 6.26. The van der Waals surface area contributed by atoms with Gasteiger partial charge in [0.1, 0.15) is 27.4 Å². The van der Waals surface area contributed by atoms with E-state index in [4.69, 9.17) is 14.2 Å². The van der Waals surface area contributed by atoms with E-state index >= 15 is 0 Å². The molecule has 55 heavy (non-hydrogen) atoms. The van der Waals surface area contributed by atoms with Crippen molar-refractivity contribution in [2.24, 2.45) is 0 Å². The molecule has 5 aromatic rings. The van der Waals surface area contributed by atoms with E-state index in [1.54, 1.807) is 66.7 Å². The van der Waals surface area contributed by atoms with Gasteiger partial charge in [-0.05, 0) is 91.4 Å². The van der Waals surface area contributed by atoms with E-state index in [-0.39, 0.29) is 11.6 Å². The molecule has 1 aromatic heterocycles. The third kappa shape index (κ3) is 9.64. The van der Waals surface area contributed by atoms with E-state index < -0.39 is 23.0 Å². The molecule has 3 N–H and O–H groups in total. The van der Waals surface area contributed by atoms with E-state index in [1.165, 1.54) is 50.5 Å². The van der Waals surface area contributed by atoms with Gasteiger partial charge in [0, 0.05) is 26.6 Å². The highest BCUT2D eigenvalue weighted by atomic mass is 32.2. The van der Waals surface area contributed by atoms with Gasteiger partial charge in [0.15, 0.2) is 0 Å². The number of hydrogen-bond donors (Lipinski definition) is 3. The number of nitrogens with one attached hydrogen (secondary N) is 3. The summed E-state index contributed by atoms with van der Waals surface area (Å²) >= 11 is 2.75. The Morgan fingerprint density at radius 1 is 0.782 bits per heavy atom. The Bertz CT molecular complexity index is 2200. The Morgan fingerprint density at radius 3 is 2.25 bits per heavy atom. The third-order valence-corrected chi connectivity index (χ3v) is 11.5. The summed E-state index contributed by atoms with van der Waals surface area (Å²) in [5.74, 6) is -0.795. The number of aryl methyl sites for hydroxylation is 1. The number of hydrogen-bond acceptors (Lipinski definition) is 9. The average Bonchev–Trinajstić information content (AvgIpc) is 3.38. The largest absolute Gasteiger partial charge is 0.497 e. The molecule has 0 bridgehead atoms. The molecule has 3 amide bonds. The Kier molecular flexibility index (Phi) is 13.0. The normalized spacial score (nSPS) is 13.0. The summed E-state index contributed by atoms with van der Waals surface area (Å²) in [5.41, 5.74) is 3.46. The third-order valence-electron chi connectivity index (χ3n) is 9.00. The molecule has 6 rings (SSSR count). The fourth-order valence-corrected chi connectivity index (χ4v) is 8.62. The number of carbonyl (C=O) groups is 4. The summed E-state index contributed by atoms with van der Waals surface area (Å²) in [5, 5.41) is 8.53. The minimum atomic E-state index is -0.708. The minimum absolute atomic E-state index is 0.0317. The second kappa shape index (κ2) is 18.5. The molecular weight excluding hydrogens is 735 g/mol. The Hall–Kier alpha value is -5.85. The van der Waals surface area contributed by atoms with Crippen molar-refractivity contribution in [3.63, 3.8) is 0 Å². The topological polar surface area (TPSA) is 132 Å². The van der Waals surface area contributed by atoms with Crippen molar-refractivity contribution in [3.8, 4) is 11.5 Å². The predicted molar refractivity (Wildman–Crippen MR) is 217 cm³/mol. The van der Waals surface area contributed by atoms with E-state index in [9.17, 15) is 19.2 Å². The zero-order chi connectivity index (χ0) is 38.7. The van der Waals surface area contributed by atoms with Gasteiger partial charge in [-0.3, -0.25) is 14.4 Å². The monoisotopic (exact) mass is 775 g/mol. The number of amides is 3. The molecule has 1 atom stereocenters. The summed E-state index contributed by atoms with van der Waals surface area (Å²) in [7, 11) is 4.40. The molecule has 0 saturated heterocycles. The lowest BCUT2D eigenvalue weighted by Crippen LogP contribution is -2.30. The van der Waals surface area contributed by atoms with Gasteiger partial charge in [-0.2, -0.15) is 0 Å². The summed E-state index contributed by atoms with van der Waals surface area (Å²) in [6.45, 7) is 0. The van der Waals surface area contributed by atoms with E-state index in [0.717, 1.165) is 48.1 Å². The second-order valence-corrected chi connectivity index (χ2v) is 14.9. The molecule has 10 nitrogen and oxygen atoms in total. The molecule has 282 valence electrons. The highest BCUT2D eigenvalue weighted by Gasteiger charge is 2.29. The van der Waals surface area contributed by atoms with Crippen molar-refractivity contribution in [3.05, 3.63) is 142 Å². The van der Waals surface area contributed by atoms with E-state index in [0.29, 0.717) is 43.8 Å². The van der Waals surface area contributed by atoms with Crippen LogP contribution in [0, 0.1) is 0 Å². The fraction of sp³-hybridized carbons (Fsp3) is 0.209. The number of fused-ring (bicyclic) bond motifs is 1. The smallest absolute Gasteiger partial charge is 0.341 e. The molecule has 4 aromatic carbocycles. The van der Waals surface area contributed by atoms with Crippen LogP contribution in [0.1, 0.15) is 66.8 Å². The first-order chi connectivity index (χ1) is 26.8. The van der Waals surface area contributed by atoms with Crippen molar-refractivity contribution in [2.45, 2.75) is 42.2 Å². The standard InChI is InChI=1S/C43H41N3O7S2/c1-51-31-22-23-35(52-2)29(24-31)25-34(45-39(47)28-16-9-5-10-17-28)40(48)44-30-18-13-19-32(26-30)54-38(27-14-7-4-8-15-27)41(49)46-42-37(43(50)53-3)33-20-11-6-12-21-36(33)55-42/h4-5,7-10,13-19,22-26,38H,6,11-12,20-21H2,1-3H3,(H,44,48)(H,45,47)(H,46,49)/b34-25+. The lowest BCUT2D eigenvalue weighted by Gasteiger charge is -2.18. The van der Waals surface area contributed by atoms with E-state index in [2.05, 4.69) is 16.0 Å². The van der Waals surface area contributed by atoms with Gasteiger partial charge in [-0.15, -0.1) is 23.1 Å². The number of ether oxygens (including phenoxy) is 3. The van der Waals surface area contributed by atoms with Gasteiger partial charge >= 0.3 is 5.97 Å². The number of benzene rings is 4. The number of rotatable bonds is 13. The average molecular weight is 776 g/mol. The molecule has 0 saturated carbocycles. The van der Waals surface area contributed by atoms with Crippen LogP contribution in [-0.4, -0.2) is 45.0 Å². The van der Waals surface area contributed by atoms with Crippen LogP contribution in [0.25, 0.3) is 6.08 Å². The molecule has 0 fully saturated rings. The van der Waals surface area contributed by atoms with Crippen LogP contribution in [0.4, 0.5) is 10.7 Å². The lowest BCUT2D eigenvalue weighted by molar-refractivity contribution is -0.116. The zero-order valence-electron chi connectivity index (χ0n) is 30.7. The number of carbonyl (C=O) groups excluding carboxylic acids is 4. The zero-order valence-corrected chi connectivity index (χ0v) is 32.3. The minimum Gasteiger partial charge on any atom is -0.497 e. The SMILES string of the molecule is COC(=O)c1c(NC(=O)C(Sc2cccc(NC(=O)/C(=C\c3cc(OC)ccc3OC)NC(=O)c3ccccc3)c2)c2ccccc2)sc2c1CCCCC2. The van der Waals surface area contributed by atoms with Crippen LogP contribution in [0.15, 0.2) is 114 Å². The van der Waals surface area contributed by atoms with Crippen LogP contribution in [-0.2, 0) is 27.2 Å². The maximum atomic E-state index is 14.2. The number of thioether (sulfide) groups is 1. The summed E-state index contributed by atoms with van der Waals surface area (Å²) < 4.78 is 16.1. The molecule has 1 aliphatic carbocycles. The maximum absolute atomic E-state index is 14.2. The highest BCUT2D eigenvalue weighted by molar-refractivity contribution is 8.00. The van der Waals surface area contributed by atoms with Crippen LogP contribution in [0.3, 0.4) is 0 Å². The van der Waals surface area contributed by atoms with E-state index in [1.807, 2.05) is 36.4 Å². The maximum Gasteiger partial charge on any atom is 0.341 e. The lowest BCUT2D eigenvalue weighted by atomic mass is 10.1. The molecule has 0 radical (unpaired) electrons. The number of esters is 1. The van der Waals surface area contributed by atoms with Crippen molar-refractivity contribution in [1.29, 1.82) is 0 Å². The Balaban J connectivity index is 1.27. The first kappa shape index (κ1) is 38.9. The van der Waals surface area contributed by atoms with Crippen molar-refractivity contribution >= 4 is 63.6 Å².